The van der Waals surface area contributed by atoms with Crippen LogP contribution in [0.3, 0.4) is 0 Å². The molecule has 0 aromatic heterocycles. The molecule has 0 spiro atoms. The summed E-state index contributed by atoms with van der Waals surface area (Å²) in [5.41, 5.74) is 16.8. The van der Waals surface area contributed by atoms with Crippen LogP contribution in [0.4, 0.5) is 0 Å². The maximum atomic E-state index is 13.5. The van der Waals surface area contributed by atoms with Crippen LogP contribution >= 0.6 is 33.2 Å². The minimum atomic E-state index is -1.69. The monoisotopic (exact) mass is 844 g/mol. The Balaban J connectivity index is 1.94. The molecule has 0 aliphatic carbocycles. The second kappa shape index (κ2) is 21.2. The fourth-order valence-corrected chi connectivity index (χ4v) is 7.87. The van der Waals surface area contributed by atoms with Crippen LogP contribution in [0.5, 0.6) is 0 Å². The summed E-state index contributed by atoms with van der Waals surface area (Å²) in [5.74, 6) is -10.8. The average Bonchev–Trinajstić information content (AvgIpc) is 3.53. The highest BCUT2D eigenvalue weighted by molar-refractivity contribution is 8.76. The molecule has 0 saturated carbocycles. The van der Waals surface area contributed by atoms with Gasteiger partial charge in [0.1, 0.15) is 30.2 Å². The number of carbonyl (C=O) groups is 10. The molecule has 22 nitrogen and oxygen atoms in total. The lowest BCUT2D eigenvalue weighted by atomic mass is 10.1. The summed E-state index contributed by atoms with van der Waals surface area (Å²) in [4.78, 5) is 129. The lowest BCUT2D eigenvalue weighted by Gasteiger charge is -2.27. The average molecular weight is 845 g/mol. The number of nitrogens with two attached hydrogens (primary N) is 3. The van der Waals surface area contributed by atoms with Gasteiger partial charge in [-0.3, -0.25) is 47.9 Å². The largest absolute Gasteiger partial charge is 0.481 e. The number of rotatable bonds is 6. The molecule has 2 fully saturated rings. The first-order valence-corrected chi connectivity index (χ1v) is 19.5. The van der Waals surface area contributed by atoms with E-state index < -0.39 is 127 Å². The maximum Gasteiger partial charge on any atom is 0.305 e. The number of carbonyl (C=O) groups excluding carboxylic acids is 9. The molecule has 25 heteroatoms. The smallest absolute Gasteiger partial charge is 0.305 e. The van der Waals surface area contributed by atoms with Crippen LogP contribution in [0.1, 0.15) is 30.9 Å². The van der Waals surface area contributed by atoms with Crippen LogP contribution in [-0.4, -0.2) is 142 Å². The summed E-state index contributed by atoms with van der Waals surface area (Å²) in [5, 5.41) is 33.5. The van der Waals surface area contributed by atoms with Gasteiger partial charge in [0.15, 0.2) is 0 Å². The molecule has 2 heterocycles. The van der Waals surface area contributed by atoms with Gasteiger partial charge in [0.05, 0.1) is 38.1 Å². The number of carboxylic acid groups (broad SMARTS) is 1. The van der Waals surface area contributed by atoms with Crippen molar-refractivity contribution < 1.29 is 58.2 Å². The summed E-state index contributed by atoms with van der Waals surface area (Å²) in [6, 6.07) is -3.20. The Bertz CT molecular complexity index is 1720. The van der Waals surface area contributed by atoms with Crippen molar-refractivity contribution in [2.24, 2.45) is 17.2 Å². The van der Waals surface area contributed by atoms with E-state index >= 15 is 0 Å². The van der Waals surface area contributed by atoms with E-state index in [2.05, 4.69) is 31.9 Å². The molecule has 0 unspecified atom stereocenters. The summed E-state index contributed by atoms with van der Waals surface area (Å²) in [6.45, 7) is -1.95. The van der Waals surface area contributed by atoms with Crippen molar-refractivity contribution in [1.82, 2.24) is 36.8 Å². The van der Waals surface area contributed by atoms with E-state index in [0.717, 1.165) is 26.5 Å². The van der Waals surface area contributed by atoms with Crippen LogP contribution in [0, 0.1) is 0 Å². The Morgan fingerprint density at radius 2 is 1.43 bits per heavy atom. The van der Waals surface area contributed by atoms with Crippen molar-refractivity contribution >= 4 is 92.3 Å². The number of carboxylic acids is 1. The minimum Gasteiger partial charge on any atom is -0.481 e. The fourth-order valence-electron chi connectivity index (χ4n) is 5.32. The first-order chi connectivity index (χ1) is 26.4. The van der Waals surface area contributed by atoms with E-state index in [4.69, 9.17) is 28.8 Å². The highest BCUT2D eigenvalue weighted by Crippen LogP contribution is 2.24. The van der Waals surface area contributed by atoms with Crippen molar-refractivity contribution in [1.29, 1.82) is 0 Å². The number of primary amides is 2. The van der Waals surface area contributed by atoms with Crippen LogP contribution in [0.25, 0.3) is 0 Å². The molecule has 306 valence electrons. The quantitative estimate of drug-likeness (QED) is 0.119. The maximum absolute atomic E-state index is 13.5. The summed E-state index contributed by atoms with van der Waals surface area (Å²) in [6.07, 6.45) is -3.16. The first kappa shape index (κ1) is 45.2. The summed E-state index contributed by atoms with van der Waals surface area (Å²) < 4.78 is 0. The van der Waals surface area contributed by atoms with E-state index in [0.29, 0.717) is 0 Å². The molecule has 14 N–H and O–H groups in total. The molecule has 9 amide bonds. The first-order valence-electron chi connectivity index (χ1n) is 16.6. The van der Waals surface area contributed by atoms with E-state index in [1.807, 2.05) is 0 Å². The normalized spacial score (nSPS) is 27.0. The van der Waals surface area contributed by atoms with Crippen molar-refractivity contribution in [3.05, 3.63) is 34.9 Å². The number of nitrogens with one attached hydrogen (secondary N) is 6. The zero-order valence-corrected chi connectivity index (χ0v) is 31.7. The van der Waals surface area contributed by atoms with E-state index in [9.17, 15) is 58.2 Å². The van der Waals surface area contributed by atoms with Gasteiger partial charge in [-0.15, -0.1) is 0 Å². The number of halogens is 1. The highest BCUT2D eigenvalue weighted by Gasteiger charge is 2.41. The second-order valence-corrected chi connectivity index (χ2v) is 15.4. The van der Waals surface area contributed by atoms with Gasteiger partial charge in [0.25, 0.3) is 0 Å². The molecule has 2 saturated heterocycles. The number of fused-ring (bicyclic) bond motifs is 1. The van der Waals surface area contributed by atoms with Crippen LogP contribution in [-0.2, 0) is 47.9 Å². The van der Waals surface area contributed by atoms with Crippen molar-refractivity contribution in [2.45, 2.75) is 61.6 Å². The lowest BCUT2D eigenvalue weighted by molar-refractivity contribution is -0.141. The van der Waals surface area contributed by atoms with E-state index in [-0.39, 0.29) is 35.1 Å². The Labute approximate surface area is 331 Å². The fraction of sp³-hybridized carbons (Fsp3) is 0.484. The van der Waals surface area contributed by atoms with E-state index in [1.165, 1.54) is 24.3 Å². The van der Waals surface area contributed by atoms with Gasteiger partial charge in [0, 0.05) is 35.1 Å². The van der Waals surface area contributed by atoms with Gasteiger partial charge in [-0.05, 0) is 6.07 Å². The van der Waals surface area contributed by atoms with E-state index in [1.54, 1.807) is 0 Å². The molecule has 0 radical (unpaired) electrons. The van der Waals surface area contributed by atoms with Crippen molar-refractivity contribution in [3.63, 3.8) is 0 Å². The third-order valence-electron chi connectivity index (χ3n) is 8.14. The lowest BCUT2D eigenvalue weighted by Crippen LogP contribution is -2.57. The molecule has 2 aliphatic rings. The van der Waals surface area contributed by atoms with Crippen molar-refractivity contribution in [2.75, 3.05) is 31.1 Å². The van der Waals surface area contributed by atoms with Gasteiger partial charge in [-0.25, -0.2) is 0 Å². The third-order valence-corrected chi connectivity index (χ3v) is 10.9. The van der Waals surface area contributed by atoms with Gasteiger partial charge < -0.3 is 64.2 Å². The molecule has 1 aromatic rings. The number of amides is 9. The minimum absolute atomic E-state index is 0.0243. The Morgan fingerprint density at radius 1 is 0.804 bits per heavy atom. The molecule has 1 aromatic carbocycles. The zero-order chi connectivity index (χ0) is 41.7. The Morgan fingerprint density at radius 3 is 2.07 bits per heavy atom. The second-order valence-electron chi connectivity index (χ2n) is 12.4. The number of aliphatic carboxylic acids is 1. The van der Waals surface area contributed by atoms with Crippen LogP contribution in [0.2, 0.25) is 5.02 Å². The van der Waals surface area contributed by atoms with Gasteiger partial charge in [-0.1, -0.05) is 51.4 Å². The topological polar surface area (TPSA) is 365 Å². The SMILES string of the molecule is NC(=O)C[C@@H]1NC(=O)[C@@H]2C[C@@H](O)CN2C(=O)CNC(=O)[C@H](c2ccccc2Cl)NC(=O)CNC(=O)[C@@H](CC(=O)O)NC(=O)[C@H](N)CSSC[C@H](C(N)=O)NC1=O. The summed E-state index contributed by atoms with van der Waals surface area (Å²) in [7, 11) is 1.88. The number of nitrogens with zero attached hydrogens (tertiary/aromatic N) is 1. The zero-order valence-electron chi connectivity index (χ0n) is 29.4. The molecule has 2 aliphatic heterocycles. The van der Waals surface area contributed by atoms with Gasteiger partial charge in [0.2, 0.25) is 53.2 Å². The number of benzene rings is 1. The third kappa shape index (κ3) is 13.5. The molecule has 0 bridgehead atoms. The van der Waals surface area contributed by atoms with Crippen LogP contribution in [0.15, 0.2) is 24.3 Å². The van der Waals surface area contributed by atoms with Gasteiger partial charge >= 0.3 is 5.97 Å². The molecular formula is C31H41ClN10O12S2. The Kier molecular flexibility index (Phi) is 17.1. The number of aliphatic hydroxyl groups excluding tert-OH is 1. The molecular weight excluding hydrogens is 804 g/mol. The molecule has 7 atom stereocenters. The standard InChI is InChI=1S/C31H41ClN10O12S2/c32-15-4-2-1-3-14(15)25-31(54)37-9-23(46)42-10-13(43)5-20(42)30(53)39-17(6-21(34)44)29(52)40-19(26(35)49)12-56-55-11-16(33)27(50)38-18(7-24(47)48)28(51)36-8-22(45)41-25/h1-4,13,16-20,25,43H,5-12,33H2,(H2,34,44)(H2,35,49)(H,36,51)(H,37,54)(H,38,50)(H,39,53)(H,40,52)(H,41,45)(H,47,48)/t13-,16-,17+,18-,19-,20+,25+/m1/s1. The summed E-state index contributed by atoms with van der Waals surface area (Å²) >= 11 is 6.30. The number of hydrogen-bond donors (Lipinski definition) is 11. The van der Waals surface area contributed by atoms with Crippen LogP contribution < -0.4 is 49.1 Å². The molecule has 3 rings (SSSR count). The Hall–Kier alpha value is -5.17. The predicted molar refractivity (Wildman–Crippen MR) is 198 cm³/mol. The van der Waals surface area contributed by atoms with Crippen molar-refractivity contribution in [3.8, 4) is 0 Å². The number of aliphatic hydroxyl groups is 1. The predicted octanol–water partition coefficient (Wildman–Crippen LogP) is -5.30. The number of hydrogen-bond acceptors (Lipinski definition) is 14. The highest BCUT2D eigenvalue weighted by atomic mass is 35.5. The molecule has 56 heavy (non-hydrogen) atoms. The van der Waals surface area contributed by atoms with Gasteiger partial charge in [-0.2, -0.15) is 0 Å².